The van der Waals surface area contributed by atoms with Crippen molar-refractivity contribution in [2.45, 2.75) is 58.3 Å². The highest BCUT2D eigenvalue weighted by atomic mass is 19.4. The van der Waals surface area contributed by atoms with E-state index in [1.165, 1.54) is 0 Å². The molecule has 21 heavy (non-hydrogen) atoms. The van der Waals surface area contributed by atoms with Crippen molar-refractivity contribution < 1.29 is 17.9 Å². The Balaban J connectivity index is 2.39. The van der Waals surface area contributed by atoms with Crippen LogP contribution < -0.4 is 5.32 Å². The minimum absolute atomic E-state index is 0.147. The Morgan fingerprint density at radius 2 is 2.05 bits per heavy atom. The van der Waals surface area contributed by atoms with Crippen molar-refractivity contribution in [3.05, 3.63) is 0 Å². The van der Waals surface area contributed by atoms with Gasteiger partial charge in [0, 0.05) is 31.7 Å². The van der Waals surface area contributed by atoms with Gasteiger partial charge in [0.15, 0.2) is 0 Å². The van der Waals surface area contributed by atoms with Crippen LogP contribution in [0.1, 0.15) is 40.0 Å². The summed E-state index contributed by atoms with van der Waals surface area (Å²) >= 11 is 0. The standard InChI is InChI=1S/C15H29F3N2O/c1-4-5-14-9-19-13(8-12(2)3)10-20(14)6-7-21-11-15(16,17)18/h12-14,19H,4-11H2,1-3H3. The maximum absolute atomic E-state index is 12.1. The fraction of sp³-hybridized carbons (Fsp3) is 1.00. The molecule has 1 aliphatic rings. The molecule has 0 aliphatic carbocycles. The van der Waals surface area contributed by atoms with Gasteiger partial charge < -0.3 is 10.1 Å². The van der Waals surface area contributed by atoms with Crippen LogP contribution in [0.4, 0.5) is 13.2 Å². The van der Waals surface area contributed by atoms with E-state index in [1.807, 2.05) is 0 Å². The van der Waals surface area contributed by atoms with Crippen LogP contribution in [-0.4, -0.2) is 56.0 Å². The third-order valence-electron chi connectivity index (χ3n) is 3.78. The van der Waals surface area contributed by atoms with Crippen molar-refractivity contribution in [1.29, 1.82) is 0 Å². The molecule has 0 spiro atoms. The highest BCUT2D eigenvalue weighted by Gasteiger charge is 2.29. The molecular weight excluding hydrogens is 281 g/mol. The van der Waals surface area contributed by atoms with Crippen LogP contribution in [0, 0.1) is 5.92 Å². The van der Waals surface area contributed by atoms with E-state index < -0.39 is 12.8 Å². The number of rotatable bonds is 8. The molecule has 0 radical (unpaired) electrons. The Kier molecular flexibility index (Phi) is 7.98. The number of alkyl halides is 3. The summed E-state index contributed by atoms with van der Waals surface area (Å²) < 4.78 is 41.0. The van der Waals surface area contributed by atoms with Crippen LogP contribution in [0.2, 0.25) is 0 Å². The number of piperazine rings is 1. The molecule has 1 fully saturated rings. The maximum Gasteiger partial charge on any atom is 0.411 e. The van der Waals surface area contributed by atoms with E-state index in [0.717, 1.165) is 32.4 Å². The molecular formula is C15H29F3N2O. The summed E-state index contributed by atoms with van der Waals surface area (Å²) in [4.78, 5) is 2.30. The first-order valence-electron chi connectivity index (χ1n) is 7.93. The van der Waals surface area contributed by atoms with Crippen LogP contribution in [0.3, 0.4) is 0 Å². The van der Waals surface area contributed by atoms with Gasteiger partial charge in [-0.3, -0.25) is 4.90 Å². The van der Waals surface area contributed by atoms with Crippen LogP contribution in [-0.2, 0) is 4.74 Å². The number of nitrogens with one attached hydrogen (secondary N) is 1. The van der Waals surface area contributed by atoms with Gasteiger partial charge in [0.2, 0.25) is 0 Å². The minimum Gasteiger partial charge on any atom is -0.371 e. The van der Waals surface area contributed by atoms with E-state index in [1.54, 1.807) is 0 Å². The molecule has 0 amide bonds. The zero-order valence-corrected chi connectivity index (χ0v) is 13.4. The summed E-state index contributed by atoms with van der Waals surface area (Å²) in [6, 6.07) is 0.841. The zero-order valence-electron chi connectivity index (χ0n) is 13.4. The lowest BCUT2D eigenvalue weighted by Gasteiger charge is -2.41. The van der Waals surface area contributed by atoms with Gasteiger partial charge in [0.05, 0.1) is 6.61 Å². The van der Waals surface area contributed by atoms with Crippen molar-refractivity contribution >= 4 is 0 Å². The van der Waals surface area contributed by atoms with E-state index in [9.17, 15) is 13.2 Å². The average molecular weight is 310 g/mol. The molecule has 1 heterocycles. The van der Waals surface area contributed by atoms with Gasteiger partial charge in [-0.05, 0) is 18.8 Å². The number of ether oxygens (including phenoxy) is 1. The molecule has 0 aromatic carbocycles. The first-order valence-corrected chi connectivity index (χ1v) is 7.93. The highest BCUT2D eigenvalue weighted by Crippen LogP contribution is 2.17. The van der Waals surface area contributed by atoms with E-state index in [0.29, 0.717) is 24.5 Å². The quantitative estimate of drug-likeness (QED) is 0.697. The second-order valence-electron chi connectivity index (χ2n) is 6.34. The average Bonchev–Trinajstić information content (AvgIpc) is 2.36. The Labute approximate surface area is 126 Å². The van der Waals surface area contributed by atoms with Crippen molar-refractivity contribution in [3.63, 3.8) is 0 Å². The summed E-state index contributed by atoms with van der Waals surface area (Å²) in [5.41, 5.74) is 0. The lowest BCUT2D eigenvalue weighted by Crippen LogP contribution is -2.57. The molecule has 2 unspecified atom stereocenters. The zero-order chi connectivity index (χ0) is 15.9. The maximum atomic E-state index is 12.1. The first kappa shape index (κ1) is 18.7. The Bertz CT molecular complexity index is 285. The Hall–Kier alpha value is -0.330. The minimum atomic E-state index is -4.23. The molecule has 0 saturated carbocycles. The molecule has 1 aliphatic heterocycles. The number of hydrogen-bond donors (Lipinski definition) is 1. The van der Waals surface area contributed by atoms with Crippen LogP contribution in [0.15, 0.2) is 0 Å². The van der Waals surface area contributed by atoms with Gasteiger partial charge in [-0.2, -0.15) is 13.2 Å². The number of nitrogens with zero attached hydrogens (tertiary/aromatic N) is 1. The topological polar surface area (TPSA) is 24.5 Å². The van der Waals surface area contributed by atoms with Crippen molar-refractivity contribution in [1.82, 2.24) is 10.2 Å². The van der Waals surface area contributed by atoms with Gasteiger partial charge in [-0.25, -0.2) is 0 Å². The molecule has 1 N–H and O–H groups in total. The fourth-order valence-electron chi connectivity index (χ4n) is 2.92. The molecule has 1 rings (SSSR count). The molecule has 1 saturated heterocycles. The van der Waals surface area contributed by atoms with Crippen molar-refractivity contribution in [2.75, 3.05) is 32.8 Å². The second kappa shape index (κ2) is 8.96. The van der Waals surface area contributed by atoms with E-state index >= 15 is 0 Å². The van der Waals surface area contributed by atoms with Crippen LogP contribution in [0.25, 0.3) is 0 Å². The molecule has 6 heteroatoms. The van der Waals surface area contributed by atoms with Crippen LogP contribution >= 0.6 is 0 Å². The summed E-state index contributed by atoms with van der Waals surface area (Å²) in [6.07, 6.45) is -0.979. The second-order valence-corrected chi connectivity index (χ2v) is 6.34. The largest absolute Gasteiger partial charge is 0.411 e. The van der Waals surface area contributed by atoms with Gasteiger partial charge in [0.25, 0.3) is 0 Å². The predicted molar refractivity (Wildman–Crippen MR) is 78.4 cm³/mol. The molecule has 2 atom stereocenters. The first-order chi connectivity index (χ1) is 9.81. The monoisotopic (exact) mass is 310 g/mol. The smallest absolute Gasteiger partial charge is 0.371 e. The van der Waals surface area contributed by atoms with Crippen molar-refractivity contribution in [3.8, 4) is 0 Å². The summed E-state index contributed by atoms with van der Waals surface area (Å²) in [5, 5.41) is 3.57. The Morgan fingerprint density at radius 3 is 2.62 bits per heavy atom. The van der Waals surface area contributed by atoms with E-state index in [-0.39, 0.29) is 6.61 Å². The summed E-state index contributed by atoms with van der Waals surface area (Å²) in [6.45, 7) is 7.92. The lowest BCUT2D eigenvalue weighted by molar-refractivity contribution is -0.175. The summed E-state index contributed by atoms with van der Waals surface area (Å²) in [7, 11) is 0. The lowest BCUT2D eigenvalue weighted by atomic mass is 9.98. The molecule has 0 aromatic heterocycles. The Morgan fingerprint density at radius 1 is 1.33 bits per heavy atom. The predicted octanol–water partition coefficient (Wildman–Crippen LogP) is 3.05. The van der Waals surface area contributed by atoms with Gasteiger partial charge in [-0.1, -0.05) is 27.2 Å². The van der Waals surface area contributed by atoms with E-state index in [4.69, 9.17) is 4.74 Å². The highest BCUT2D eigenvalue weighted by molar-refractivity contribution is 4.86. The normalized spacial score (nSPS) is 24.7. The van der Waals surface area contributed by atoms with Gasteiger partial charge in [-0.15, -0.1) is 0 Å². The van der Waals surface area contributed by atoms with Crippen molar-refractivity contribution in [2.24, 2.45) is 5.92 Å². The van der Waals surface area contributed by atoms with Crippen LogP contribution in [0.5, 0.6) is 0 Å². The molecule has 0 bridgehead atoms. The molecule has 3 nitrogen and oxygen atoms in total. The van der Waals surface area contributed by atoms with Gasteiger partial charge >= 0.3 is 6.18 Å². The van der Waals surface area contributed by atoms with E-state index in [2.05, 4.69) is 31.0 Å². The number of halogens is 3. The third kappa shape index (κ3) is 8.02. The number of hydrogen-bond acceptors (Lipinski definition) is 3. The fourth-order valence-corrected chi connectivity index (χ4v) is 2.92. The van der Waals surface area contributed by atoms with Gasteiger partial charge in [0.1, 0.15) is 6.61 Å². The summed E-state index contributed by atoms with van der Waals surface area (Å²) in [5.74, 6) is 0.619. The third-order valence-corrected chi connectivity index (χ3v) is 3.78. The molecule has 0 aromatic rings. The SMILES string of the molecule is CCCC1CNC(CC(C)C)CN1CCOCC(F)(F)F. The molecule has 126 valence electrons.